The zero-order valence-corrected chi connectivity index (χ0v) is 14.9. The van der Waals surface area contributed by atoms with Crippen molar-refractivity contribution in [2.75, 3.05) is 31.6 Å². The van der Waals surface area contributed by atoms with E-state index in [4.69, 9.17) is 15.5 Å². The van der Waals surface area contributed by atoms with E-state index in [2.05, 4.69) is 20.9 Å². The van der Waals surface area contributed by atoms with Crippen LogP contribution >= 0.6 is 0 Å². The van der Waals surface area contributed by atoms with Crippen LogP contribution in [0.4, 0.5) is 5.95 Å². The summed E-state index contributed by atoms with van der Waals surface area (Å²) in [4.78, 5) is 16.1. The summed E-state index contributed by atoms with van der Waals surface area (Å²) in [7, 11) is 1.64. The topological polar surface area (TPSA) is 77.2 Å². The van der Waals surface area contributed by atoms with Gasteiger partial charge in [0.1, 0.15) is 0 Å². The Morgan fingerprint density at radius 2 is 1.96 bits per heavy atom. The average molecular weight is 349 g/mol. The Morgan fingerprint density at radius 1 is 1.15 bits per heavy atom. The number of fused-ring (bicyclic) bond motifs is 1. The van der Waals surface area contributed by atoms with Crippen molar-refractivity contribution in [3.05, 3.63) is 42.6 Å². The fourth-order valence-electron chi connectivity index (χ4n) is 3.46. The molecule has 0 aliphatic carbocycles. The molecule has 1 aliphatic rings. The molecule has 2 N–H and O–H groups in total. The Hall–Kier alpha value is -2.73. The van der Waals surface area contributed by atoms with Crippen LogP contribution in [0, 0.1) is 5.92 Å². The van der Waals surface area contributed by atoms with Crippen LogP contribution in [-0.2, 0) is 0 Å². The van der Waals surface area contributed by atoms with Crippen LogP contribution in [0.5, 0.6) is 5.88 Å². The van der Waals surface area contributed by atoms with E-state index in [1.54, 1.807) is 13.3 Å². The highest BCUT2D eigenvalue weighted by molar-refractivity contribution is 5.85. The van der Waals surface area contributed by atoms with Gasteiger partial charge in [-0.25, -0.2) is 15.0 Å². The van der Waals surface area contributed by atoms with Gasteiger partial charge in [-0.2, -0.15) is 0 Å². The van der Waals surface area contributed by atoms with Gasteiger partial charge in [0.05, 0.1) is 23.9 Å². The molecule has 0 atom stereocenters. The number of nitrogens with zero attached hydrogens (tertiary/aromatic N) is 4. The fraction of sp³-hybridized carbons (Fsp3) is 0.350. The predicted molar refractivity (Wildman–Crippen MR) is 103 cm³/mol. The van der Waals surface area contributed by atoms with Crippen LogP contribution in [0.3, 0.4) is 0 Å². The van der Waals surface area contributed by atoms with E-state index in [-0.39, 0.29) is 0 Å². The number of benzene rings is 1. The molecule has 0 saturated carbocycles. The number of pyridine rings is 1. The van der Waals surface area contributed by atoms with E-state index < -0.39 is 0 Å². The second kappa shape index (κ2) is 7.25. The number of nitrogens with two attached hydrogens (primary N) is 1. The monoisotopic (exact) mass is 349 g/mol. The largest absolute Gasteiger partial charge is 0.480 e. The number of para-hydroxylation sites is 1. The molecule has 4 rings (SSSR count). The maximum absolute atomic E-state index is 5.79. The van der Waals surface area contributed by atoms with Crippen LogP contribution in [0.25, 0.3) is 22.2 Å². The van der Waals surface area contributed by atoms with Crippen LogP contribution in [-0.4, -0.2) is 41.7 Å². The Morgan fingerprint density at radius 3 is 2.73 bits per heavy atom. The lowest BCUT2D eigenvalue weighted by Gasteiger charge is -2.31. The first-order chi connectivity index (χ1) is 12.8. The van der Waals surface area contributed by atoms with Gasteiger partial charge in [0.15, 0.2) is 0 Å². The average Bonchev–Trinajstić information content (AvgIpc) is 2.73. The molecule has 0 bridgehead atoms. The van der Waals surface area contributed by atoms with Gasteiger partial charge in [0.25, 0.3) is 0 Å². The van der Waals surface area contributed by atoms with Gasteiger partial charge in [0, 0.05) is 24.7 Å². The van der Waals surface area contributed by atoms with E-state index in [1.165, 1.54) is 0 Å². The molecule has 0 amide bonds. The molecule has 26 heavy (non-hydrogen) atoms. The Labute approximate surface area is 153 Å². The lowest BCUT2D eigenvalue weighted by atomic mass is 9.97. The summed E-state index contributed by atoms with van der Waals surface area (Å²) in [6.45, 7) is 2.64. The SMILES string of the molecule is COc1nc2ccccc2cc1-c1ccnc(N2CCC(CN)CC2)n1. The molecule has 1 aliphatic heterocycles. The highest BCUT2D eigenvalue weighted by Gasteiger charge is 2.21. The summed E-state index contributed by atoms with van der Waals surface area (Å²) >= 11 is 0. The molecule has 0 radical (unpaired) electrons. The number of piperidine rings is 1. The summed E-state index contributed by atoms with van der Waals surface area (Å²) in [6, 6.07) is 12.0. The third-order valence-electron chi connectivity index (χ3n) is 5.03. The Bertz CT molecular complexity index is 906. The highest BCUT2D eigenvalue weighted by Crippen LogP contribution is 2.31. The molecule has 3 heterocycles. The summed E-state index contributed by atoms with van der Waals surface area (Å²) in [5, 5.41) is 1.06. The molecule has 0 spiro atoms. The minimum absolute atomic E-state index is 0.579. The van der Waals surface area contributed by atoms with Crippen LogP contribution in [0.15, 0.2) is 42.6 Å². The molecule has 6 heteroatoms. The second-order valence-electron chi connectivity index (χ2n) is 6.65. The van der Waals surface area contributed by atoms with E-state index in [9.17, 15) is 0 Å². The van der Waals surface area contributed by atoms with Crippen molar-refractivity contribution in [2.45, 2.75) is 12.8 Å². The normalized spacial score (nSPS) is 15.4. The molecular formula is C20H23N5O. The smallest absolute Gasteiger partial charge is 0.225 e. The standard InChI is InChI=1S/C20H23N5O/c1-26-19-16(12-15-4-2-3-5-17(15)23-19)18-6-9-22-20(24-18)25-10-7-14(13-21)8-11-25/h2-6,9,12,14H,7-8,10-11,13,21H2,1H3. The van der Waals surface area contributed by atoms with Gasteiger partial charge in [-0.3, -0.25) is 0 Å². The molecule has 1 saturated heterocycles. The van der Waals surface area contributed by atoms with Crippen molar-refractivity contribution < 1.29 is 4.74 Å². The number of methoxy groups -OCH3 is 1. The molecular weight excluding hydrogens is 326 g/mol. The Kier molecular flexibility index (Phi) is 4.67. The van der Waals surface area contributed by atoms with Crippen molar-refractivity contribution in [3.8, 4) is 17.1 Å². The molecule has 6 nitrogen and oxygen atoms in total. The van der Waals surface area contributed by atoms with E-state index in [1.807, 2.05) is 30.3 Å². The van der Waals surface area contributed by atoms with Crippen molar-refractivity contribution in [1.29, 1.82) is 0 Å². The number of rotatable bonds is 4. The predicted octanol–water partition coefficient (Wildman–Crippen LogP) is 2.88. The minimum atomic E-state index is 0.579. The second-order valence-corrected chi connectivity index (χ2v) is 6.65. The fourth-order valence-corrected chi connectivity index (χ4v) is 3.46. The number of hydrogen-bond acceptors (Lipinski definition) is 6. The lowest BCUT2D eigenvalue weighted by molar-refractivity contribution is 0.401. The molecule has 0 unspecified atom stereocenters. The highest BCUT2D eigenvalue weighted by atomic mass is 16.5. The first-order valence-electron chi connectivity index (χ1n) is 9.00. The number of ether oxygens (including phenoxy) is 1. The van der Waals surface area contributed by atoms with E-state index in [0.29, 0.717) is 11.8 Å². The van der Waals surface area contributed by atoms with E-state index >= 15 is 0 Å². The van der Waals surface area contributed by atoms with Gasteiger partial charge >= 0.3 is 0 Å². The zero-order valence-electron chi connectivity index (χ0n) is 14.9. The maximum Gasteiger partial charge on any atom is 0.225 e. The van der Waals surface area contributed by atoms with Crippen molar-refractivity contribution in [3.63, 3.8) is 0 Å². The quantitative estimate of drug-likeness (QED) is 0.780. The van der Waals surface area contributed by atoms with Gasteiger partial charge < -0.3 is 15.4 Å². The first kappa shape index (κ1) is 16.7. The Balaban J connectivity index is 1.69. The van der Waals surface area contributed by atoms with Crippen molar-refractivity contribution in [1.82, 2.24) is 15.0 Å². The molecule has 134 valence electrons. The van der Waals surface area contributed by atoms with Gasteiger partial charge in [-0.15, -0.1) is 0 Å². The van der Waals surface area contributed by atoms with Crippen molar-refractivity contribution in [2.24, 2.45) is 11.7 Å². The van der Waals surface area contributed by atoms with Crippen molar-refractivity contribution >= 4 is 16.9 Å². The van der Waals surface area contributed by atoms with Gasteiger partial charge in [0.2, 0.25) is 11.8 Å². The molecule has 1 aromatic carbocycles. The minimum Gasteiger partial charge on any atom is -0.480 e. The first-order valence-corrected chi connectivity index (χ1v) is 9.00. The third-order valence-corrected chi connectivity index (χ3v) is 5.03. The van der Waals surface area contributed by atoms with Gasteiger partial charge in [-0.1, -0.05) is 18.2 Å². The summed E-state index contributed by atoms with van der Waals surface area (Å²) in [5.41, 5.74) is 8.41. The number of anilines is 1. The van der Waals surface area contributed by atoms with Gasteiger partial charge in [-0.05, 0) is 43.5 Å². The van der Waals surface area contributed by atoms with Crippen LogP contribution in [0.1, 0.15) is 12.8 Å². The maximum atomic E-state index is 5.79. The summed E-state index contributed by atoms with van der Waals surface area (Å²) < 4.78 is 5.52. The molecule has 1 fully saturated rings. The number of aromatic nitrogens is 3. The van der Waals surface area contributed by atoms with Crippen LogP contribution in [0.2, 0.25) is 0 Å². The molecule has 2 aromatic heterocycles. The summed E-state index contributed by atoms with van der Waals surface area (Å²) in [5.74, 6) is 1.95. The third kappa shape index (κ3) is 3.20. The zero-order chi connectivity index (χ0) is 17.9. The number of hydrogen-bond donors (Lipinski definition) is 1. The summed E-state index contributed by atoms with van der Waals surface area (Å²) in [6.07, 6.45) is 3.98. The van der Waals surface area contributed by atoms with Crippen LogP contribution < -0.4 is 15.4 Å². The lowest BCUT2D eigenvalue weighted by Crippen LogP contribution is -2.37. The van der Waals surface area contributed by atoms with E-state index in [0.717, 1.165) is 60.6 Å². The molecule has 3 aromatic rings.